The maximum atomic E-state index is 14.2. The van der Waals surface area contributed by atoms with Crippen LogP contribution in [-0.2, 0) is 16.1 Å². The second kappa shape index (κ2) is 13.7. The van der Waals surface area contributed by atoms with Gasteiger partial charge in [-0.3, -0.25) is 9.36 Å². The largest absolute Gasteiger partial charge is 0.490 e. The van der Waals surface area contributed by atoms with Crippen molar-refractivity contribution in [2.45, 2.75) is 33.4 Å². The molecule has 1 aliphatic heterocycles. The van der Waals surface area contributed by atoms with Crippen LogP contribution in [0.3, 0.4) is 0 Å². The highest BCUT2D eigenvalue weighted by molar-refractivity contribution is 9.10. The molecule has 0 N–H and O–H groups in total. The number of hydrogen-bond donors (Lipinski definition) is 0. The zero-order valence-corrected chi connectivity index (χ0v) is 28.5. The number of carbonyl (C=O) groups excluding carboxylic acids is 1. The maximum Gasteiger partial charge on any atom is 0.338 e. The maximum absolute atomic E-state index is 14.2. The minimum atomic E-state index is -0.710. The van der Waals surface area contributed by atoms with Gasteiger partial charge in [0, 0.05) is 5.02 Å². The van der Waals surface area contributed by atoms with E-state index in [9.17, 15) is 9.59 Å². The van der Waals surface area contributed by atoms with E-state index in [2.05, 4.69) is 15.9 Å². The number of allylic oxidation sites excluding steroid dienone is 1. The summed E-state index contributed by atoms with van der Waals surface area (Å²) in [6.07, 6.45) is 1.81. The zero-order chi connectivity index (χ0) is 32.4. The predicted molar refractivity (Wildman–Crippen MR) is 185 cm³/mol. The van der Waals surface area contributed by atoms with Crippen molar-refractivity contribution in [3.63, 3.8) is 0 Å². The van der Waals surface area contributed by atoms with E-state index in [0.717, 1.165) is 27.5 Å². The highest BCUT2D eigenvalue weighted by Crippen LogP contribution is 2.38. The van der Waals surface area contributed by atoms with E-state index in [0.29, 0.717) is 54.8 Å². The summed E-state index contributed by atoms with van der Waals surface area (Å²) in [5, 5.41) is 2.61. The molecule has 1 aliphatic rings. The van der Waals surface area contributed by atoms with Crippen molar-refractivity contribution in [2.75, 3.05) is 13.2 Å². The number of esters is 1. The van der Waals surface area contributed by atoms with Gasteiger partial charge < -0.3 is 14.2 Å². The third kappa shape index (κ3) is 6.27. The number of aromatic nitrogens is 1. The van der Waals surface area contributed by atoms with Crippen LogP contribution in [0.1, 0.15) is 43.5 Å². The molecule has 1 atom stereocenters. The molecule has 0 saturated carbocycles. The Morgan fingerprint density at radius 2 is 1.78 bits per heavy atom. The number of hydrogen-bond acceptors (Lipinski definition) is 7. The van der Waals surface area contributed by atoms with Crippen LogP contribution in [0.4, 0.5) is 0 Å². The van der Waals surface area contributed by atoms with Crippen molar-refractivity contribution >= 4 is 61.7 Å². The van der Waals surface area contributed by atoms with Gasteiger partial charge in [-0.25, -0.2) is 9.79 Å². The monoisotopic (exact) mass is 716 g/mol. The predicted octanol–water partition coefficient (Wildman–Crippen LogP) is 7.35. The summed E-state index contributed by atoms with van der Waals surface area (Å²) in [6, 6.07) is 24.3. The van der Waals surface area contributed by atoms with Gasteiger partial charge in [0.2, 0.25) is 0 Å². The Kier molecular flexibility index (Phi) is 9.44. The van der Waals surface area contributed by atoms with Gasteiger partial charge in [-0.2, -0.15) is 0 Å². The van der Waals surface area contributed by atoms with Crippen LogP contribution in [0.25, 0.3) is 16.8 Å². The molecule has 1 aromatic heterocycles. The molecule has 0 amide bonds. The number of carbonyl (C=O) groups is 1. The molecule has 5 aromatic rings. The number of fused-ring (bicyclic) bond motifs is 2. The minimum absolute atomic E-state index is 0.207. The van der Waals surface area contributed by atoms with Crippen LogP contribution >= 0.6 is 38.9 Å². The van der Waals surface area contributed by atoms with Crippen molar-refractivity contribution < 1.29 is 19.0 Å². The minimum Gasteiger partial charge on any atom is -0.490 e. The second-order valence-electron chi connectivity index (χ2n) is 10.5. The number of nitrogens with zero attached hydrogens (tertiary/aromatic N) is 2. The number of halogens is 2. The fourth-order valence-electron chi connectivity index (χ4n) is 5.54. The van der Waals surface area contributed by atoms with Gasteiger partial charge in [-0.1, -0.05) is 77.5 Å². The average Bonchev–Trinajstić information content (AvgIpc) is 3.34. The molecule has 46 heavy (non-hydrogen) atoms. The van der Waals surface area contributed by atoms with Gasteiger partial charge in [0.15, 0.2) is 16.3 Å². The molecule has 0 saturated heterocycles. The molecular weight excluding hydrogens is 688 g/mol. The Bertz CT molecular complexity index is 2170. The molecule has 0 bridgehead atoms. The quantitative estimate of drug-likeness (QED) is 0.149. The van der Waals surface area contributed by atoms with E-state index >= 15 is 0 Å². The molecule has 0 radical (unpaired) electrons. The van der Waals surface area contributed by atoms with Crippen LogP contribution < -0.4 is 24.4 Å². The summed E-state index contributed by atoms with van der Waals surface area (Å²) >= 11 is 11.0. The van der Waals surface area contributed by atoms with Gasteiger partial charge in [-0.05, 0) is 94.5 Å². The topological polar surface area (TPSA) is 79.1 Å². The third-order valence-corrected chi connectivity index (χ3v) is 9.38. The molecule has 0 fully saturated rings. The first-order chi connectivity index (χ1) is 22.3. The van der Waals surface area contributed by atoms with Crippen LogP contribution in [0, 0.1) is 0 Å². The summed E-state index contributed by atoms with van der Waals surface area (Å²) in [5.41, 5.74) is 3.14. The van der Waals surface area contributed by atoms with Crippen molar-refractivity contribution in [3.05, 3.63) is 136 Å². The lowest BCUT2D eigenvalue weighted by Crippen LogP contribution is -2.40. The van der Waals surface area contributed by atoms with Crippen LogP contribution in [0.5, 0.6) is 11.5 Å². The smallest absolute Gasteiger partial charge is 0.338 e. The Labute approximate surface area is 283 Å². The highest BCUT2D eigenvalue weighted by Gasteiger charge is 2.34. The first kappa shape index (κ1) is 31.8. The summed E-state index contributed by atoms with van der Waals surface area (Å²) in [6.45, 7) is 6.41. The van der Waals surface area contributed by atoms with E-state index in [1.165, 1.54) is 11.3 Å². The van der Waals surface area contributed by atoms with Crippen molar-refractivity contribution in [1.29, 1.82) is 0 Å². The lowest BCUT2D eigenvalue weighted by molar-refractivity contribution is -0.139. The Balaban J connectivity index is 1.46. The summed E-state index contributed by atoms with van der Waals surface area (Å²) in [4.78, 5) is 32.9. The van der Waals surface area contributed by atoms with Crippen molar-refractivity contribution in [2.24, 2.45) is 4.99 Å². The molecule has 234 valence electrons. The highest BCUT2D eigenvalue weighted by atomic mass is 79.9. The molecule has 0 aliphatic carbocycles. The van der Waals surface area contributed by atoms with E-state index in [1.54, 1.807) is 18.4 Å². The third-order valence-electron chi connectivity index (χ3n) is 7.56. The summed E-state index contributed by atoms with van der Waals surface area (Å²) < 4.78 is 20.3. The molecule has 0 unspecified atom stereocenters. The Morgan fingerprint density at radius 1 is 1.02 bits per heavy atom. The lowest BCUT2D eigenvalue weighted by atomic mass is 9.91. The second-order valence-corrected chi connectivity index (χ2v) is 12.8. The number of benzene rings is 4. The zero-order valence-electron chi connectivity index (χ0n) is 25.4. The van der Waals surface area contributed by atoms with E-state index in [4.69, 9.17) is 30.8 Å². The van der Waals surface area contributed by atoms with Crippen molar-refractivity contribution in [1.82, 2.24) is 4.57 Å². The molecule has 7 nitrogen and oxygen atoms in total. The molecule has 0 spiro atoms. The standard InChI is InChI=1S/C36H30BrClN2O5S/c1-4-43-29-18-23(17-28(37)33(29)45-20-22-13-15-25(38)16-14-22)19-30-34(41)40-32(27-12-8-10-24-9-6-7-11-26(24)27)31(35(42)44-5-2)21(3)39-36(40)46-30/h6-19,32H,4-5,20H2,1-3H3/b30-19+/t32-/m1/s1. The summed E-state index contributed by atoms with van der Waals surface area (Å²) in [7, 11) is 0. The van der Waals surface area contributed by atoms with Gasteiger partial charge in [0.05, 0.1) is 39.5 Å². The normalized spacial score (nSPS) is 14.6. The molecule has 4 aromatic carbocycles. The van der Waals surface area contributed by atoms with Crippen molar-refractivity contribution in [3.8, 4) is 11.5 Å². The fraction of sp³-hybridized carbons (Fsp3) is 0.194. The van der Waals surface area contributed by atoms with Crippen LogP contribution in [0.2, 0.25) is 5.02 Å². The Morgan fingerprint density at radius 3 is 2.54 bits per heavy atom. The van der Waals surface area contributed by atoms with Gasteiger partial charge >= 0.3 is 5.97 Å². The summed E-state index contributed by atoms with van der Waals surface area (Å²) in [5.74, 6) is 0.607. The molecular formula is C36H30BrClN2O5S. The number of ether oxygens (including phenoxy) is 3. The average molecular weight is 718 g/mol. The first-order valence-corrected chi connectivity index (χ1v) is 16.8. The van der Waals surface area contributed by atoms with Gasteiger partial charge in [0.25, 0.3) is 5.56 Å². The van der Waals surface area contributed by atoms with Gasteiger partial charge in [-0.15, -0.1) is 0 Å². The van der Waals surface area contributed by atoms with E-state index in [-0.39, 0.29) is 12.2 Å². The molecule has 10 heteroatoms. The van der Waals surface area contributed by atoms with Crippen LogP contribution in [0.15, 0.2) is 104 Å². The molecule has 6 rings (SSSR count). The van der Waals surface area contributed by atoms with Crippen LogP contribution in [-0.4, -0.2) is 23.8 Å². The van der Waals surface area contributed by atoms with Gasteiger partial charge in [0.1, 0.15) is 6.61 Å². The Hall–Kier alpha value is -4.18. The first-order valence-electron chi connectivity index (χ1n) is 14.8. The number of thiazole rings is 1. The van der Waals surface area contributed by atoms with E-state index in [1.807, 2.05) is 91.9 Å². The lowest BCUT2D eigenvalue weighted by Gasteiger charge is -2.25. The number of rotatable bonds is 9. The fourth-order valence-corrected chi connectivity index (χ4v) is 7.28. The van der Waals surface area contributed by atoms with E-state index < -0.39 is 12.0 Å². The SMILES string of the molecule is CCOC(=O)C1=C(C)N=c2s/c(=C/c3cc(Br)c(OCc4ccc(Cl)cc4)c(OCC)c3)c(=O)n2[C@@H]1c1cccc2ccccc12. The molecule has 2 heterocycles.